The van der Waals surface area contributed by atoms with E-state index in [-0.39, 0.29) is 6.04 Å². The summed E-state index contributed by atoms with van der Waals surface area (Å²) in [4.78, 5) is 12.2. The molecule has 1 unspecified atom stereocenters. The summed E-state index contributed by atoms with van der Waals surface area (Å²) in [7, 11) is 0. The number of hydrogen-bond donors (Lipinski definition) is 0. The number of aliphatic imine (C=N–C) groups is 1. The minimum atomic E-state index is 0.287. The molecule has 3 nitrogen and oxygen atoms in total. The van der Waals surface area contributed by atoms with E-state index in [9.17, 15) is 0 Å². The number of aromatic nitrogens is 1. The highest BCUT2D eigenvalue weighted by Crippen LogP contribution is 2.48. The number of rotatable bonds is 11. The molecular weight excluding hydrogens is 739 g/mol. The van der Waals surface area contributed by atoms with E-state index < -0.39 is 0 Å². The Hall–Kier alpha value is -7.10. The van der Waals surface area contributed by atoms with E-state index in [1.807, 2.05) is 49.7 Å². The molecule has 9 rings (SSSR count). The van der Waals surface area contributed by atoms with Gasteiger partial charge in [0.2, 0.25) is 0 Å². The lowest BCUT2D eigenvalue weighted by Crippen LogP contribution is -2.32. The highest BCUT2D eigenvalue weighted by molar-refractivity contribution is 6.13. The van der Waals surface area contributed by atoms with Crippen LogP contribution in [0.5, 0.6) is 0 Å². The molecule has 2 atom stereocenters. The van der Waals surface area contributed by atoms with E-state index in [1.165, 1.54) is 66.7 Å². The fourth-order valence-electron chi connectivity index (χ4n) is 9.63. The monoisotopic (exact) mass is 789 g/mol. The predicted octanol–water partition coefficient (Wildman–Crippen LogP) is 15.0. The summed E-state index contributed by atoms with van der Waals surface area (Å²) in [6, 6.07) is 38.3. The first-order chi connectivity index (χ1) is 30.0. The summed E-state index contributed by atoms with van der Waals surface area (Å²) < 4.78 is 0. The maximum absolute atomic E-state index is 4.80. The van der Waals surface area contributed by atoms with Gasteiger partial charge in [-0.05, 0) is 154 Å². The summed E-state index contributed by atoms with van der Waals surface area (Å²) in [5.41, 5.74) is 18.6. The van der Waals surface area contributed by atoms with Crippen LogP contribution in [0.25, 0.3) is 61.5 Å². The topological polar surface area (TPSA) is 28.5 Å². The molecule has 0 amide bonds. The Morgan fingerprint density at radius 1 is 0.836 bits per heavy atom. The number of benzene rings is 5. The van der Waals surface area contributed by atoms with Crippen molar-refractivity contribution in [1.29, 1.82) is 0 Å². The number of hydrogen-bond acceptors (Lipinski definition) is 3. The summed E-state index contributed by atoms with van der Waals surface area (Å²) >= 11 is 0. The van der Waals surface area contributed by atoms with Gasteiger partial charge in [0.15, 0.2) is 0 Å². The first-order valence-electron chi connectivity index (χ1n) is 21.5. The second-order valence-corrected chi connectivity index (χ2v) is 15.9. The Bertz CT molecular complexity index is 2890. The number of aryl methyl sites for hydroxylation is 1. The maximum atomic E-state index is 4.80. The fraction of sp³-hybridized carbons (Fsp3) is 0.138. The quantitative estimate of drug-likeness (QED) is 0.0966. The lowest BCUT2D eigenvalue weighted by Gasteiger charge is -2.31. The molecule has 0 fully saturated rings. The molecular formula is C58H51N3. The highest BCUT2D eigenvalue weighted by Gasteiger charge is 2.38. The molecule has 5 aromatic carbocycles. The molecule has 2 heterocycles. The number of nitrogens with zero attached hydrogens (tertiary/aromatic N) is 3. The zero-order valence-electron chi connectivity index (χ0n) is 35.4. The third kappa shape index (κ3) is 7.31. The van der Waals surface area contributed by atoms with Gasteiger partial charge in [0.05, 0.1) is 17.4 Å². The molecule has 298 valence electrons. The van der Waals surface area contributed by atoms with Crippen molar-refractivity contribution in [3.8, 4) is 44.6 Å². The van der Waals surface area contributed by atoms with E-state index in [0.29, 0.717) is 5.92 Å². The van der Waals surface area contributed by atoms with Crippen molar-refractivity contribution in [1.82, 2.24) is 4.98 Å². The van der Waals surface area contributed by atoms with Crippen molar-refractivity contribution in [2.75, 3.05) is 4.90 Å². The Balaban J connectivity index is 1.30. The zero-order valence-corrected chi connectivity index (χ0v) is 35.4. The number of pyridine rings is 1. The lowest BCUT2D eigenvalue weighted by molar-refractivity contribution is 0.681. The molecule has 3 aliphatic rings. The first-order valence-corrected chi connectivity index (χ1v) is 21.5. The van der Waals surface area contributed by atoms with Crippen molar-refractivity contribution in [3.05, 3.63) is 223 Å². The summed E-state index contributed by atoms with van der Waals surface area (Å²) in [6.07, 6.45) is 30.6. The summed E-state index contributed by atoms with van der Waals surface area (Å²) in [6.45, 7) is 14.8. The minimum Gasteiger partial charge on any atom is -0.337 e. The molecule has 0 radical (unpaired) electrons. The molecule has 1 aromatic heterocycles. The Labute approximate surface area is 361 Å². The molecule has 6 aromatic rings. The molecule has 61 heavy (non-hydrogen) atoms. The molecule has 0 bridgehead atoms. The van der Waals surface area contributed by atoms with Crippen LogP contribution in [0, 0.1) is 12.8 Å². The molecule has 0 saturated heterocycles. The van der Waals surface area contributed by atoms with Gasteiger partial charge in [-0.15, -0.1) is 0 Å². The van der Waals surface area contributed by atoms with Crippen molar-refractivity contribution >= 4 is 28.2 Å². The van der Waals surface area contributed by atoms with Crippen molar-refractivity contribution < 1.29 is 0 Å². The van der Waals surface area contributed by atoms with Crippen molar-refractivity contribution in [2.45, 2.75) is 46.1 Å². The van der Waals surface area contributed by atoms with Gasteiger partial charge in [0, 0.05) is 40.8 Å². The zero-order chi connectivity index (χ0) is 41.9. The summed E-state index contributed by atoms with van der Waals surface area (Å²) in [5.74, 6) is 0.379. The van der Waals surface area contributed by atoms with Crippen LogP contribution in [0.3, 0.4) is 0 Å². The first kappa shape index (κ1) is 39.4. The van der Waals surface area contributed by atoms with Gasteiger partial charge in [-0.2, -0.15) is 0 Å². The average molecular weight is 790 g/mol. The van der Waals surface area contributed by atoms with E-state index in [4.69, 9.17) is 9.98 Å². The van der Waals surface area contributed by atoms with E-state index in [1.54, 1.807) is 0 Å². The van der Waals surface area contributed by atoms with Crippen LogP contribution in [0.2, 0.25) is 0 Å². The predicted molar refractivity (Wildman–Crippen MR) is 262 cm³/mol. The van der Waals surface area contributed by atoms with Crippen LogP contribution >= 0.6 is 0 Å². The van der Waals surface area contributed by atoms with Crippen LogP contribution in [0.4, 0.5) is 5.69 Å². The largest absolute Gasteiger partial charge is 0.337 e. The SMILES string of the molecule is C=C/C=C\c1c(C)c(-c2cc(C(C=C)=N/C=C\C)cc(-c3ccccn3)c2)c2ccc(-c3ccccc3CC)cc2c1-c1ccc(N2C3=C(C=CCC3)[C@H]3C=CC=CC32)cc1. The third-order valence-electron chi connectivity index (χ3n) is 12.4. The van der Waals surface area contributed by atoms with Crippen LogP contribution in [0.1, 0.15) is 48.9 Å². The van der Waals surface area contributed by atoms with Gasteiger partial charge >= 0.3 is 0 Å². The standard InChI is InChI=1S/C58H51N3/c1-6-10-20-47-39(5)57(45-36-43(53(9-4)59-33-7-2)35-44(37-45)54-24-17-18-34-60-54)51-32-29-42(48-21-12-11-19-40(48)8-3)38-52(51)58(47)41-27-30-46(31-28-41)61-55-25-15-13-22-49(55)50-23-14-16-26-56(50)61/h6-7,9-15,17-25,27-38,49,55H,1,4,8,16,26H2,2-3,5H3/b20-10-,33-7-,59-53?/t49-,55?/m1/s1. The van der Waals surface area contributed by atoms with E-state index in [0.717, 1.165) is 52.9 Å². The van der Waals surface area contributed by atoms with Crippen LogP contribution in [-0.4, -0.2) is 16.7 Å². The van der Waals surface area contributed by atoms with Gasteiger partial charge in [-0.1, -0.05) is 135 Å². The Morgan fingerprint density at radius 3 is 2.43 bits per heavy atom. The highest BCUT2D eigenvalue weighted by atomic mass is 15.2. The van der Waals surface area contributed by atoms with Gasteiger partial charge in [0.25, 0.3) is 0 Å². The van der Waals surface area contributed by atoms with Gasteiger partial charge in [0.1, 0.15) is 0 Å². The van der Waals surface area contributed by atoms with Crippen LogP contribution in [-0.2, 0) is 6.42 Å². The number of fused-ring (bicyclic) bond motifs is 3. The van der Waals surface area contributed by atoms with E-state index in [2.05, 4.69) is 172 Å². The van der Waals surface area contributed by atoms with Crippen LogP contribution in [0.15, 0.2) is 206 Å². The molecule has 0 N–H and O–H groups in total. The lowest BCUT2D eigenvalue weighted by atomic mass is 9.82. The molecule has 3 heteroatoms. The smallest absolute Gasteiger partial charge is 0.0702 e. The molecule has 2 aliphatic carbocycles. The van der Waals surface area contributed by atoms with Crippen molar-refractivity contribution in [3.63, 3.8) is 0 Å². The molecule has 0 spiro atoms. The second-order valence-electron chi connectivity index (χ2n) is 15.9. The Kier molecular flexibility index (Phi) is 11.1. The molecule has 0 saturated carbocycles. The second kappa shape index (κ2) is 17.2. The maximum Gasteiger partial charge on any atom is 0.0702 e. The normalized spacial score (nSPS) is 17.2. The van der Waals surface area contributed by atoms with Gasteiger partial charge < -0.3 is 4.90 Å². The van der Waals surface area contributed by atoms with Gasteiger partial charge in [-0.3, -0.25) is 9.98 Å². The fourth-order valence-corrected chi connectivity index (χ4v) is 9.63. The van der Waals surface area contributed by atoms with Crippen molar-refractivity contribution in [2.24, 2.45) is 10.9 Å². The Morgan fingerprint density at radius 2 is 1.64 bits per heavy atom. The number of allylic oxidation sites excluding steroid dienone is 9. The average Bonchev–Trinajstić information content (AvgIpc) is 3.65. The summed E-state index contributed by atoms with van der Waals surface area (Å²) in [5, 5.41) is 2.38. The van der Waals surface area contributed by atoms with Gasteiger partial charge in [-0.25, -0.2) is 0 Å². The minimum absolute atomic E-state index is 0.287. The van der Waals surface area contributed by atoms with E-state index >= 15 is 0 Å². The number of anilines is 1. The molecule has 1 aliphatic heterocycles. The third-order valence-corrected chi connectivity index (χ3v) is 12.4. The van der Waals surface area contributed by atoms with Crippen LogP contribution < -0.4 is 4.90 Å².